The molecule has 1 aromatic carbocycles. The van der Waals surface area contributed by atoms with E-state index in [1.807, 2.05) is 48.1 Å². The van der Waals surface area contributed by atoms with Crippen LogP contribution in [-0.4, -0.2) is 51.8 Å². The van der Waals surface area contributed by atoms with Gasteiger partial charge in [-0.2, -0.15) is 5.26 Å². The van der Waals surface area contributed by atoms with E-state index in [1.165, 1.54) is 11.3 Å². The van der Waals surface area contributed by atoms with Crippen LogP contribution in [0.4, 0.5) is 9.93 Å². The molecule has 9 heteroatoms. The average Bonchev–Trinajstić information content (AvgIpc) is 3.33. The van der Waals surface area contributed by atoms with Crippen molar-refractivity contribution in [2.45, 2.75) is 0 Å². The molecule has 2 fully saturated rings. The van der Waals surface area contributed by atoms with E-state index < -0.39 is 0 Å². The number of likely N-dealkylation sites (tertiary alicyclic amines) is 1. The number of carbonyl (C=O) groups excluding carboxylic acids is 1. The molecule has 2 aliphatic heterocycles. The fourth-order valence-corrected chi connectivity index (χ4v) is 5.53. The number of benzene rings is 1. The van der Waals surface area contributed by atoms with Crippen molar-refractivity contribution in [1.82, 2.24) is 19.4 Å². The largest absolute Gasteiger partial charge is 0.380 e. The number of aromatic nitrogens is 3. The standard InChI is InChI=1S/C24H20N6O2S/c1-29-10-18(17-6-3-7-26-21(17)29)20-19(16-5-2-4-15(8-16)9-25)27-22(33-20)28-23(31)30-11-24(12-30)13-32-14-24/h2-8,10H,11-14H2,1H3,(H,27,28,31). The number of aryl methyl sites for hydroxylation is 1. The second-order valence-electron chi connectivity index (χ2n) is 8.70. The second kappa shape index (κ2) is 7.40. The summed E-state index contributed by atoms with van der Waals surface area (Å²) in [6.07, 6.45) is 3.80. The topological polar surface area (TPSA) is 96.1 Å². The van der Waals surface area contributed by atoms with Gasteiger partial charge in [0.2, 0.25) is 0 Å². The Kier molecular flexibility index (Phi) is 4.47. The van der Waals surface area contributed by atoms with Crippen molar-refractivity contribution in [1.29, 1.82) is 5.26 Å². The Morgan fingerprint density at radius 1 is 1.27 bits per heavy atom. The van der Waals surface area contributed by atoms with E-state index in [2.05, 4.69) is 16.4 Å². The number of hydrogen-bond acceptors (Lipinski definition) is 6. The number of amides is 2. The predicted molar refractivity (Wildman–Crippen MR) is 126 cm³/mol. The zero-order valence-electron chi connectivity index (χ0n) is 17.9. The minimum atomic E-state index is -0.148. The monoisotopic (exact) mass is 456 g/mol. The highest BCUT2D eigenvalue weighted by molar-refractivity contribution is 7.19. The van der Waals surface area contributed by atoms with Crippen LogP contribution in [-0.2, 0) is 11.8 Å². The van der Waals surface area contributed by atoms with Crippen molar-refractivity contribution >= 4 is 33.5 Å². The van der Waals surface area contributed by atoms with Crippen molar-refractivity contribution in [3.05, 3.63) is 54.4 Å². The first kappa shape index (κ1) is 19.9. The van der Waals surface area contributed by atoms with Gasteiger partial charge in [0.15, 0.2) is 5.13 Å². The molecule has 1 N–H and O–H groups in total. The zero-order chi connectivity index (χ0) is 22.6. The lowest BCUT2D eigenvalue weighted by atomic mass is 9.78. The lowest BCUT2D eigenvalue weighted by Crippen LogP contribution is -2.67. The Morgan fingerprint density at radius 2 is 2.12 bits per heavy atom. The quantitative estimate of drug-likeness (QED) is 0.501. The molecule has 0 unspecified atom stereocenters. The number of thiazole rings is 1. The van der Waals surface area contributed by atoms with E-state index in [1.54, 1.807) is 17.2 Å². The van der Waals surface area contributed by atoms with Crippen molar-refractivity contribution in [2.75, 3.05) is 31.6 Å². The van der Waals surface area contributed by atoms with Crippen LogP contribution in [0.5, 0.6) is 0 Å². The van der Waals surface area contributed by atoms with Gasteiger partial charge in [0.05, 0.1) is 40.8 Å². The number of hydrogen-bond donors (Lipinski definition) is 1. The molecule has 8 nitrogen and oxygen atoms in total. The van der Waals surface area contributed by atoms with Gasteiger partial charge in [-0.3, -0.25) is 5.32 Å². The van der Waals surface area contributed by atoms with Crippen LogP contribution in [0, 0.1) is 16.7 Å². The Bertz CT molecular complexity index is 1440. The second-order valence-corrected chi connectivity index (χ2v) is 9.70. The van der Waals surface area contributed by atoms with Crippen molar-refractivity contribution in [3.8, 4) is 27.8 Å². The molecule has 0 atom stereocenters. The molecule has 2 aliphatic rings. The maximum Gasteiger partial charge on any atom is 0.323 e. The fourth-order valence-electron chi connectivity index (χ4n) is 4.53. The summed E-state index contributed by atoms with van der Waals surface area (Å²) < 4.78 is 7.29. The molecule has 0 radical (unpaired) electrons. The van der Waals surface area contributed by atoms with E-state index in [0.717, 1.165) is 45.9 Å². The number of urea groups is 1. The van der Waals surface area contributed by atoms with Gasteiger partial charge in [-0.05, 0) is 24.3 Å². The van der Waals surface area contributed by atoms with Crippen LogP contribution >= 0.6 is 11.3 Å². The van der Waals surface area contributed by atoms with Gasteiger partial charge in [-0.15, -0.1) is 0 Å². The predicted octanol–water partition coefficient (Wildman–Crippen LogP) is 4.10. The first-order valence-electron chi connectivity index (χ1n) is 10.6. The minimum absolute atomic E-state index is 0.148. The molecular formula is C24H20N6O2S. The first-order valence-corrected chi connectivity index (χ1v) is 11.4. The molecule has 2 amide bonds. The van der Waals surface area contributed by atoms with Crippen LogP contribution in [0.3, 0.4) is 0 Å². The van der Waals surface area contributed by atoms with E-state index in [4.69, 9.17) is 9.72 Å². The van der Waals surface area contributed by atoms with Gasteiger partial charge < -0.3 is 14.2 Å². The summed E-state index contributed by atoms with van der Waals surface area (Å²) in [5, 5.41) is 13.9. The van der Waals surface area contributed by atoms with Gasteiger partial charge >= 0.3 is 6.03 Å². The Balaban J connectivity index is 1.40. The third-order valence-electron chi connectivity index (χ3n) is 6.24. The first-order chi connectivity index (χ1) is 16.0. The molecule has 0 saturated carbocycles. The van der Waals surface area contributed by atoms with Crippen molar-refractivity contribution in [3.63, 3.8) is 0 Å². The minimum Gasteiger partial charge on any atom is -0.380 e. The highest BCUT2D eigenvalue weighted by Gasteiger charge is 2.50. The summed E-state index contributed by atoms with van der Waals surface area (Å²) in [5.41, 5.74) is 4.14. The number of fused-ring (bicyclic) bond motifs is 1. The summed E-state index contributed by atoms with van der Waals surface area (Å²) >= 11 is 1.43. The van der Waals surface area contributed by atoms with Crippen molar-refractivity contribution < 1.29 is 9.53 Å². The SMILES string of the molecule is Cn1cc(-c2sc(NC(=O)N3CC4(COC4)C3)nc2-c2cccc(C#N)c2)c2cccnc21. The molecule has 0 aliphatic carbocycles. The van der Waals surface area contributed by atoms with Crippen LogP contribution in [0.25, 0.3) is 32.7 Å². The Morgan fingerprint density at radius 3 is 2.88 bits per heavy atom. The summed E-state index contributed by atoms with van der Waals surface area (Å²) in [6, 6.07) is 13.4. The molecule has 3 aromatic heterocycles. The van der Waals surface area contributed by atoms with Crippen molar-refractivity contribution in [2.24, 2.45) is 12.5 Å². The molecule has 0 bridgehead atoms. The lowest BCUT2D eigenvalue weighted by Gasteiger charge is -2.54. The number of anilines is 1. The number of nitrogens with zero attached hydrogens (tertiary/aromatic N) is 5. The number of nitriles is 1. The molecular weight excluding hydrogens is 436 g/mol. The van der Waals surface area contributed by atoms with Gasteiger partial charge in [0.25, 0.3) is 0 Å². The average molecular weight is 457 g/mol. The number of carbonyl (C=O) groups is 1. The summed E-state index contributed by atoms with van der Waals surface area (Å²) in [7, 11) is 1.96. The third-order valence-corrected chi connectivity index (χ3v) is 7.24. The smallest absolute Gasteiger partial charge is 0.323 e. The Labute approximate surface area is 194 Å². The maximum absolute atomic E-state index is 12.8. The van der Waals surface area contributed by atoms with Gasteiger partial charge in [-0.1, -0.05) is 23.5 Å². The molecule has 5 heterocycles. The van der Waals surface area contributed by atoms with Crippen LogP contribution in [0.1, 0.15) is 5.56 Å². The van der Waals surface area contributed by atoms with Gasteiger partial charge in [-0.25, -0.2) is 14.8 Å². The molecule has 2 saturated heterocycles. The van der Waals surface area contributed by atoms with Crippen LogP contribution in [0.15, 0.2) is 48.8 Å². The summed E-state index contributed by atoms with van der Waals surface area (Å²) in [6.45, 7) is 2.88. The number of pyridine rings is 1. The Hall–Kier alpha value is -3.74. The highest BCUT2D eigenvalue weighted by atomic mass is 32.1. The van der Waals surface area contributed by atoms with E-state index in [0.29, 0.717) is 23.8 Å². The number of rotatable bonds is 3. The molecule has 4 aromatic rings. The fraction of sp³-hybridized carbons (Fsp3) is 0.250. The normalized spacial score (nSPS) is 16.3. The molecule has 164 valence electrons. The number of nitrogens with one attached hydrogen (secondary N) is 1. The van der Waals surface area contributed by atoms with E-state index in [9.17, 15) is 10.1 Å². The molecule has 1 spiro atoms. The van der Waals surface area contributed by atoms with Gasteiger partial charge in [0.1, 0.15) is 5.65 Å². The molecule has 33 heavy (non-hydrogen) atoms. The third kappa shape index (κ3) is 3.26. The zero-order valence-corrected chi connectivity index (χ0v) is 18.7. The van der Waals surface area contributed by atoms with Gasteiger partial charge in [0, 0.05) is 49.0 Å². The van der Waals surface area contributed by atoms with Crippen LogP contribution in [0.2, 0.25) is 0 Å². The highest BCUT2D eigenvalue weighted by Crippen LogP contribution is 2.43. The van der Waals surface area contributed by atoms with E-state index in [-0.39, 0.29) is 11.4 Å². The summed E-state index contributed by atoms with van der Waals surface area (Å²) in [5.74, 6) is 0. The lowest BCUT2D eigenvalue weighted by molar-refractivity contribution is -0.174. The maximum atomic E-state index is 12.8. The molecule has 6 rings (SSSR count). The summed E-state index contributed by atoms with van der Waals surface area (Å²) in [4.78, 5) is 24.8. The van der Waals surface area contributed by atoms with E-state index >= 15 is 0 Å². The van der Waals surface area contributed by atoms with Crippen LogP contribution < -0.4 is 5.32 Å². The number of ether oxygens (including phenoxy) is 1.